The third kappa shape index (κ3) is 52.4. The molecule has 0 aliphatic rings. The molecular weight excluding hydrogens is 696 g/mol. The quantitative estimate of drug-likeness (QED) is 0.124. The van der Waals surface area contributed by atoms with E-state index in [4.69, 9.17) is 45.0 Å². The fourth-order valence-electron chi connectivity index (χ4n) is 2.99. The Morgan fingerprint density at radius 1 is 0.391 bits per heavy atom. The second kappa shape index (κ2) is 29.2. The molecule has 0 aromatic rings. The monoisotopic (exact) mass is 768 g/mol. The van der Waals surface area contributed by atoms with E-state index in [9.17, 15) is 4.80 Å². The van der Waals surface area contributed by atoms with Crippen LogP contribution in [0, 0.1) is 6.55 Å². The van der Waals surface area contributed by atoms with Crippen LogP contribution in [-0.2, 0) is 52.8 Å². The molecule has 0 saturated carbocycles. The molecule has 0 unspecified atom stereocenters. The first kappa shape index (κ1) is 59.7. The smallest absolute Gasteiger partial charge is 0.371 e. The topological polar surface area (TPSA) is 135 Å². The Hall–Kier alpha value is 1.56. The van der Waals surface area contributed by atoms with E-state index in [-0.39, 0.29) is 85.1 Å². The SMILES string of the molecule is CC(C)O[Si](C)(OC(C)C)OC(C)C.CC(C)O[Si](O)(O)OC(C)C.CC(C)O[Si](O)(OC(C)C)OC(C)C.[CH2-][Si](C)(C)C.[Cr].[Li]. The summed E-state index contributed by atoms with van der Waals surface area (Å²) in [6, 6.07) is 0. The fourth-order valence-corrected chi connectivity index (χ4v) is 8.96. The van der Waals surface area contributed by atoms with Crippen molar-refractivity contribution in [3.63, 3.8) is 0 Å². The average molecular weight is 769 g/mol. The van der Waals surface area contributed by atoms with Gasteiger partial charge in [-0.3, -0.25) is 0 Å². The first-order chi connectivity index (χ1) is 19.3. The van der Waals surface area contributed by atoms with Gasteiger partial charge >= 0.3 is 26.9 Å². The van der Waals surface area contributed by atoms with Gasteiger partial charge in [0.2, 0.25) is 0 Å². The summed E-state index contributed by atoms with van der Waals surface area (Å²) in [7, 11) is -10.6. The Morgan fingerprint density at radius 2 is 0.543 bits per heavy atom. The van der Waals surface area contributed by atoms with E-state index < -0.39 is 35.0 Å². The number of hydrogen-bond acceptors (Lipinski definition) is 11. The van der Waals surface area contributed by atoms with Crippen LogP contribution < -0.4 is 0 Å². The molecule has 279 valence electrons. The van der Waals surface area contributed by atoms with Crippen molar-refractivity contribution in [3.05, 3.63) is 6.55 Å². The van der Waals surface area contributed by atoms with E-state index in [0.29, 0.717) is 0 Å². The molecule has 0 rings (SSSR count). The Bertz CT molecular complexity index is 577. The normalized spacial score (nSPS) is 12.5. The van der Waals surface area contributed by atoms with Crippen molar-refractivity contribution < 1.29 is 67.2 Å². The van der Waals surface area contributed by atoms with Crippen molar-refractivity contribution in [1.82, 2.24) is 0 Å². The van der Waals surface area contributed by atoms with Crippen LogP contribution in [0.4, 0.5) is 0 Å². The average Bonchev–Trinajstić information content (AvgIpc) is 2.59. The zero-order chi connectivity index (χ0) is 36.3. The maximum Gasteiger partial charge on any atom is 0.677 e. The van der Waals surface area contributed by atoms with Crippen molar-refractivity contribution in [1.29, 1.82) is 0 Å². The van der Waals surface area contributed by atoms with Crippen molar-refractivity contribution in [3.8, 4) is 0 Å². The van der Waals surface area contributed by atoms with Gasteiger partial charge in [-0.1, -0.05) is 19.6 Å². The van der Waals surface area contributed by atoms with E-state index in [1.165, 1.54) is 0 Å². The molecule has 0 aromatic heterocycles. The van der Waals surface area contributed by atoms with Crippen molar-refractivity contribution in [2.24, 2.45) is 0 Å². The predicted molar refractivity (Wildman–Crippen MR) is 194 cm³/mol. The summed E-state index contributed by atoms with van der Waals surface area (Å²) < 4.78 is 42.7. The molecule has 1 radical (unpaired) electrons. The summed E-state index contributed by atoms with van der Waals surface area (Å²) in [6.07, 6.45) is -0.346. The molecule has 0 aliphatic heterocycles. The van der Waals surface area contributed by atoms with Gasteiger partial charge in [0, 0.05) is 91.6 Å². The van der Waals surface area contributed by atoms with E-state index in [1.807, 2.05) is 89.6 Å². The molecule has 0 saturated heterocycles. The molecule has 3 N–H and O–H groups in total. The van der Waals surface area contributed by atoms with Gasteiger partial charge in [0.05, 0.1) is 0 Å². The first-order valence-corrected chi connectivity index (χ1v) is 25.1. The standard InChI is InChI=1S/C10H24O3Si.C9H22O4Si.C6H16O4Si.C4H11Si.Cr.Li/c1-8(2)11-14(7,12-9(3)4)13-10(5)6;1-7(2)11-14(10,12-8(3)4)13-9(5)6;1-5(2)9-11(7,8)10-6(3)4;1-5(2,3)4;;/h8-10H,1-7H3;7-10H,1-6H3;5-8H,1-4H3;1H2,2-4H3;;/q;;;-1;;. The largest absolute Gasteiger partial charge is 0.677 e. The van der Waals surface area contributed by atoms with E-state index in [2.05, 4.69) is 26.2 Å². The second-order valence-corrected chi connectivity index (χ2v) is 24.7. The van der Waals surface area contributed by atoms with E-state index in [1.54, 1.807) is 27.7 Å². The van der Waals surface area contributed by atoms with Gasteiger partial charge in [0.25, 0.3) is 0 Å². The van der Waals surface area contributed by atoms with Gasteiger partial charge in [0.15, 0.2) is 0 Å². The summed E-state index contributed by atoms with van der Waals surface area (Å²) >= 11 is 0. The van der Waals surface area contributed by atoms with Crippen LogP contribution >= 0.6 is 0 Å². The second-order valence-electron chi connectivity index (χ2n) is 13.8. The molecule has 0 amide bonds. The van der Waals surface area contributed by atoms with Crippen molar-refractivity contribution in [2.45, 2.75) is 186 Å². The summed E-state index contributed by atoms with van der Waals surface area (Å²) in [6.45, 7) is 42.4. The Labute approximate surface area is 311 Å². The minimum Gasteiger partial charge on any atom is -0.371 e. The Kier molecular flexibility index (Phi) is 37.8. The van der Waals surface area contributed by atoms with Gasteiger partial charge < -0.3 is 56.3 Å². The van der Waals surface area contributed by atoms with Crippen LogP contribution in [0.25, 0.3) is 0 Å². The fraction of sp³-hybridized carbons (Fsp3) is 0.966. The molecule has 0 bridgehead atoms. The summed E-state index contributed by atoms with van der Waals surface area (Å²) in [4.78, 5) is 28.2. The molecule has 0 heterocycles. The predicted octanol–water partition coefficient (Wildman–Crippen LogP) is 6.09. The van der Waals surface area contributed by atoms with Gasteiger partial charge in [-0.05, 0) is 111 Å². The summed E-state index contributed by atoms with van der Waals surface area (Å²) in [5.74, 6) is 0. The van der Waals surface area contributed by atoms with E-state index >= 15 is 0 Å². The first-order valence-electron chi connectivity index (χ1n) is 15.8. The van der Waals surface area contributed by atoms with Crippen LogP contribution in [0.15, 0.2) is 0 Å². The molecule has 0 spiro atoms. The van der Waals surface area contributed by atoms with Crippen LogP contribution in [0.3, 0.4) is 0 Å². The third-order valence-electron chi connectivity index (χ3n) is 3.28. The minimum absolute atomic E-state index is 0. The van der Waals surface area contributed by atoms with Crippen LogP contribution in [-0.4, -0.2) is 117 Å². The maximum atomic E-state index is 9.99. The van der Waals surface area contributed by atoms with Crippen LogP contribution in [0.2, 0.25) is 26.2 Å². The van der Waals surface area contributed by atoms with Gasteiger partial charge in [-0.15, -0.1) is 8.07 Å². The molecular formula is C29H73CrLiO11Si4-. The van der Waals surface area contributed by atoms with Gasteiger partial charge in [-0.25, -0.2) is 0 Å². The van der Waals surface area contributed by atoms with Crippen LogP contribution in [0.1, 0.15) is 111 Å². The molecule has 0 aliphatic carbocycles. The molecule has 0 fully saturated rings. The minimum atomic E-state index is -3.83. The van der Waals surface area contributed by atoms with Gasteiger partial charge in [-0.2, -0.15) is 0 Å². The Balaban J connectivity index is -0.000000120. The number of rotatable bonds is 16. The number of hydrogen-bond donors (Lipinski definition) is 3. The zero-order valence-corrected chi connectivity index (χ0v) is 38.6. The molecule has 46 heavy (non-hydrogen) atoms. The molecule has 0 aromatic carbocycles. The van der Waals surface area contributed by atoms with Gasteiger partial charge in [0.1, 0.15) is 0 Å². The summed E-state index contributed by atoms with van der Waals surface area (Å²) in [5, 5.41) is 0. The third-order valence-corrected chi connectivity index (χ3v) is 9.85. The zero-order valence-electron chi connectivity index (χ0n) is 33.3. The van der Waals surface area contributed by atoms with Crippen LogP contribution in [0.5, 0.6) is 0 Å². The molecule has 17 heteroatoms. The molecule has 11 nitrogen and oxygen atoms in total. The van der Waals surface area contributed by atoms with Crippen molar-refractivity contribution >= 4 is 53.8 Å². The van der Waals surface area contributed by atoms with E-state index in [0.717, 1.165) is 0 Å². The molecule has 0 atom stereocenters. The summed E-state index contributed by atoms with van der Waals surface area (Å²) in [5.41, 5.74) is 0. The maximum absolute atomic E-state index is 9.99. The van der Waals surface area contributed by atoms with Crippen molar-refractivity contribution in [2.75, 3.05) is 0 Å². The Morgan fingerprint density at radius 3 is 0.674 bits per heavy atom.